The van der Waals surface area contributed by atoms with E-state index in [1.165, 1.54) is 10.7 Å². The fraction of sp³-hybridized carbons (Fsp3) is 0.667. The van der Waals surface area contributed by atoms with Crippen LogP contribution in [0.1, 0.15) is 31.5 Å². The standard InChI is InChI=1S/C9H15NS/c1-7-10-8(6-11-7)5-9(2,3)4/h6H,5H2,1-4H3. The zero-order chi connectivity index (χ0) is 8.48. The Morgan fingerprint density at radius 1 is 1.45 bits per heavy atom. The van der Waals surface area contributed by atoms with Gasteiger partial charge in [0.2, 0.25) is 0 Å². The van der Waals surface area contributed by atoms with Gasteiger partial charge in [-0.3, -0.25) is 0 Å². The van der Waals surface area contributed by atoms with Crippen LogP contribution in [-0.4, -0.2) is 4.98 Å². The largest absolute Gasteiger partial charge is 0.247 e. The Morgan fingerprint density at radius 2 is 2.09 bits per heavy atom. The molecule has 0 aliphatic heterocycles. The fourth-order valence-electron chi connectivity index (χ4n) is 1.03. The maximum Gasteiger partial charge on any atom is 0.0897 e. The summed E-state index contributed by atoms with van der Waals surface area (Å²) in [5.74, 6) is 0. The Hall–Kier alpha value is -0.370. The van der Waals surface area contributed by atoms with Crippen molar-refractivity contribution in [2.75, 3.05) is 0 Å². The number of hydrogen-bond acceptors (Lipinski definition) is 2. The van der Waals surface area contributed by atoms with Crippen molar-refractivity contribution in [2.45, 2.75) is 34.1 Å². The molecular formula is C9H15NS. The molecule has 0 aromatic carbocycles. The topological polar surface area (TPSA) is 12.9 Å². The van der Waals surface area contributed by atoms with E-state index in [0.29, 0.717) is 5.41 Å². The smallest absolute Gasteiger partial charge is 0.0897 e. The number of aromatic nitrogens is 1. The molecule has 0 saturated carbocycles. The molecule has 1 heterocycles. The molecule has 0 spiro atoms. The lowest BCUT2D eigenvalue weighted by Gasteiger charge is -2.15. The second kappa shape index (κ2) is 2.94. The van der Waals surface area contributed by atoms with Gasteiger partial charge in [-0.2, -0.15) is 0 Å². The van der Waals surface area contributed by atoms with Crippen molar-refractivity contribution in [1.29, 1.82) is 0 Å². The highest BCUT2D eigenvalue weighted by atomic mass is 32.1. The van der Waals surface area contributed by atoms with Gasteiger partial charge in [-0.05, 0) is 18.8 Å². The summed E-state index contributed by atoms with van der Waals surface area (Å²) in [6, 6.07) is 0. The van der Waals surface area contributed by atoms with Gasteiger partial charge >= 0.3 is 0 Å². The van der Waals surface area contributed by atoms with Gasteiger partial charge in [0.25, 0.3) is 0 Å². The number of nitrogens with zero attached hydrogens (tertiary/aromatic N) is 1. The Balaban J connectivity index is 2.65. The predicted molar refractivity (Wildman–Crippen MR) is 50.0 cm³/mol. The van der Waals surface area contributed by atoms with Crippen molar-refractivity contribution in [3.63, 3.8) is 0 Å². The van der Waals surface area contributed by atoms with Gasteiger partial charge in [0.05, 0.1) is 10.7 Å². The zero-order valence-corrected chi connectivity index (χ0v) is 8.46. The van der Waals surface area contributed by atoms with E-state index in [9.17, 15) is 0 Å². The van der Waals surface area contributed by atoms with E-state index in [4.69, 9.17) is 0 Å². The Bertz CT molecular complexity index is 232. The van der Waals surface area contributed by atoms with E-state index in [0.717, 1.165) is 6.42 Å². The van der Waals surface area contributed by atoms with Crippen molar-refractivity contribution in [2.24, 2.45) is 5.41 Å². The molecular weight excluding hydrogens is 154 g/mol. The Morgan fingerprint density at radius 3 is 2.45 bits per heavy atom. The lowest BCUT2D eigenvalue weighted by molar-refractivity contribution is 0.407. The molecule has 62 valence electrons. The molecule has 0 aliphatic carbocycles. The third-order valence-corrected chi connectivity index (χ3v) is 2.20. The van der Waals surface area contributed by atoms with Crippen LogP contribution < -0.4 is 0 Å². The minimum Gasteiger partial charge on any atom is -0.247 e. The Kier molecular flexibility index (Phi) is 2.33. The monoisotopic (exact) mass is 169 g/mol. The van der Waals surface area contributed by atoms with Gasteiger partial charge in [0.1, 0.15) is 0 Å². The van der Waals surface area contributed by atoms with Crippen molar-refractivity contribution in [3.05, 3.63) is 16.1 Å². The number of rotatable bonds is 1. The van der Waals surface area contributed by atoms with Crippen LogP contribution in [0.5, 0.6) is 0 Å². The van der Waals surface area contributed by atoms with Gasteiger partial charge < -0.3 is 0 Å². The average molecular weight is 169 g/mol. The van der Waals surface area contributed by atoms with Crippen molar-refractivity contribution in [1.82, 2.24) is 4.98 Å². The van der Waals surface area contributed by atoms with Crippen LogP contribution in [0, 0.1) is 12.3 Å². The quantitative estimate of drug-likeness (QED) is 0.629. The first-order valence-corrected chi connectivity index (χ1v) is 4.76. The highest BCUT2D eigenvalue weighted by Gasteiger charge is 2.12. The molecule has 1 aromatic heterocycles. The summed E-state index contributed by atoms with van der Waals surface area (Å²) in [6.07, 6.45) is 1.08. The van der Waals surface area contributed by atoms with Gasteiger partial charge in [0, 0.05) is 5.38 Å². The molecule has 0 N–H and O–H groups in total. The van der Waals surface area contributed by atoms with Crippen molar-refractivity contribution >= 4 is 11.3 Å². The lowest BCUT2D eigenvalue weighted by Crippen LogP contribution is -2.09. The van der Waals surface area contributed by atoms with E-state index in [1.54, 1.807) is 11.3 Å². The zero-order valence-electron chi connectivity index (χ0n) is 7.64. The van der Waals surface area contributed by atoms with Gasteiger partial charge in [-0.1, -0.05) is 20.8 Å². The highest BCUT2D eigenvalue weighted by molar-refractivity contribution is 7.09. The molecule has 0 fully saturated rings. The summed E-state index contributed by atoms with van der Waals surface area (Å²) in [4.78, 5) is 4.41. The third kappa shape index (κ3) is 3.02. The van der Waals surface area contributed by atoms with Crippen molar-refractivity contribution < 1.29 is 0 Å². The maximum absolute atomic E-state index is 4.41. The summed E-state index contributed by atoms with van der Waals surface area (Å²) >= 11 is 1.73. The normalized spacial score (nSPS) is 12.0. The molecule has 11 heavy (non-hydrogen) atoms. The van der Waals surface area contributed by atoms with Gasteiger partial charge in [0.15, 0.2) is 0 Å². The molecule has 0 bridgehead atoms. The first-order chi connectivity index (χ1) is 4.97. The van der Waals surface area contributed by atoms with Crippen LogP contribution in [-0.2, 0) is 6.42 Å². The summed E-state index contributed by atoms with van der Waals surface area (Å²) in [7, 11) is 0. The van der Waals surface area contributed by atoms with E-state index < -0.39 is 0 Å². The first kappa shape index (κ1) is 8.72. The molecule has 0 unspecified atom stereocenters. The molecule has 1 nitrogen and oxygen atoms in total. The van der Waals surface area contributed by atoms with Crippen LogP contribution in [0.15, 0.2) is 5.38 Å². The third-order valence-electron chi connectivity index (χ3n) is 1.38. The maximum atomic E-state index is 4.41. The number of hydrogen-bond donors (Lipinski definition) is 0. The molecule has 2 heteroatoms. The van der Waals surface area contributed by atoms with Gasteiger partial charge in [-0.25, -0.2) is 4.98 Å². The van der Waals surface area contributed by atoms with E-state index in [1.807, 2.05) is 0 Å². The van der Waals surface area contributed by atoms with Crippen LogP contribution >= 0.6 is 11.3 Å². The molecule has 0 amide bonds. The minimum atomic E-state index is 0.362. The Labute approximate surface area is 72.5 Å². The summed E-state index contributed by atoms with van der Waals surface area (Å²) < 4.78 is 0. The lowest BCUT2D eigenvalue weighted by atomic mass is 9.91. The number of thiazole rings is 1. The molecule has 1 aromatic rings. The van der Waals surface area contributed by atoms with Crippen molar-refractivity contribution in [3.8, 4) is 0 Å². The molecule has 1 rings (SSSR count). The summed E-state index contributed by atoms with van der Waals surface area (Å²) in [5, 5.41) is 3.32. The second-order valence-corrected chi connectivity index (χ2v) is 5.16. The van der Waals surface area contributed by atoms with Crippen LogP contribution in [0.25, 0.3) is 0 Å². The molecule has 0 atom stereocenters. The molecule has 0 radical (unpaired) electrons. The molecule has 0 saturated heterocycles. The van der Waals surface area contributed by atoms with Crippen LogP contribution in [0.2, 0.25) is 0 Å². The SMILES string of the molecule is Cc1nc(CC(C)(C)C)cs1. The van der Waals surface area contributed by atoms with E-state index >= 15 is 0 Å². The van der Waals surface area contributed by atoms with Crippen LogP contribution in [0.3, 0.4) is 0 Å². The van der Waals surface area contributed by atoms with E-state index in [2.05, 4.69) is 38.1 Å². The average Bonchev–Trinajstić information content (AvgIpc) is 2.10. The first-order valence-electron chi connectivity index (χ1n) is 3.88. The van der Waals surface area contributed by atoms with Crippen LogP contribution in [0.4, 0.5) is 0 Å². The second-order valence-electron chi connectivity index (χ2n) is 4.10. The summed E-state index contributed by atoms with van der Waals surface area (Å²) in [6.45, 7) is 8.77. The molecule has 0 aliphatic rings. The highest BCUT2D eigenvalue weighted by Crippen LogP contribution is 2.21. The van der Waals surface area contributed by atoms with Gasteiger partial charge in [-0.15, -0.1) is 11.3 Å². The predicted octanol–water partition coefficient (Wildman–Crippen LogP) is 3.04. The number of aryl methyl sites for hydroxylation is 1. The summed E-state index contributed by atoms with van der Waals surface area (Å²) in [5.41, 5.74) is 1.60. The van der Waals surface area contributed by atoms with E-state index in [-0.39, 0.29) is 0 Å². The fourth-order valence-corrected chi connectivity index (χ4v) is 1.65. The minimum absolute atomic E-state index is 0.362.